The Morgan fingerprint density at radius 3 is 2.69 bits per heavy atom. The van der Waals surface area contributed by atoms with Crippen molar-refractivity contribution >= 4 is 0 Å². The van der Waals surface area contributed by atoms with E-state index in [9.17, 15) is 0 Å². The van der Waals surface area contributed by atoms with Crippen molar-refractivity contribution in [3.05, 3.63) is 34.9 Å². The van der Waals surface area contributed by atoms with Crippen LogP contribution in [0.3, 0.4) is 0 Å². The predicted octanol–water partition coefficient (Wildman–Crippen LogP) is 2.47. The second-order valence-corrected chi connectivity index (χ2v) is 4.15. The van der Waals surface area contributed by atoms with Gasteiger partial charge < -0.3 is 10.1 Å². The number of rotatable bonds is 7. The largest absolute Gasteiger partial charge is 0.380 e. The molecule has 90 valence electrons. The summed E-state index contributed by atoms with van der Waals surface area (Å²) < 4.78 is 5.56. The van der Waals surface area contributed by atoms with E-state index in [0.717, 1.165) is 32.7 Å². The lowest BCUT2D eigenvalue weighted by atomic mass is 10.0. The Labute approximate surface area is 99.0 Å². The zero-order valence-corrected chi connectivity index (χ0v) is 10.7. The van der Waals surface area contributed by atoms with Gasteiger partial charge in [-0.25, -0.2) is 0 Å². The Bertz CT molecular complexity index is 310. The smallest absolute Gasteiger partial charge is 0.0591 e. The minimum absolute atomic E-state index is 0.804. The summed E-state index contributed by atoms with van der Waals surface area (Å²) in [5.74, 6) is 0. The minimum Gasteiger partial charge on any atom is -0.380 e. The second-order valence-electron chi connectivity index (χ2n) is 4.15. The average Bonchev–Trinajstić information content (AvgIpc) is 2.26. The normalized spacial score (nSPS) is 10.7. The van der Waals surface area contributed by atoms with Gasteiger partial charge in [-0.1, -0.05) is 30.7 Å². The van der Waals surface area contributed by atoms with E-state index >= 15 is 0 Å². The molecule has 1 rings (SSSR count). The summed E-state index contributed by atoms with van der Waals surface area (Å²) in [4.78, 5) is 0. The number of ether oxygens (including phenoxy) is 1. The maximum absolute atomic E-state index is 5.56. The number of likely N-dealkylation sites (N-methyl/N-ethyl adjacent to an activating group) is 1. The molecule has 0 aliphatic carbocycles. The molecule has 0 atom stereocenters. The fourth-order valence-electron chi connectivity index (χ4n) is 1.73. The van der Waals surface area contributed by atoms with Gasteiger partial charge in [-0.15, -0.1) is 0 Å². The van der Waals surface area contributed by atoms with Crippen LogP contribution >= 0.6 is 0 Å². The SMILES string of the molecule is CCNCCOCCc1ccc(C)cc1C. The lowest BCUT2D eigenvalue weighted by Crippen LogP contribution is -2.19. The maximum Gasteiger partial charge on any atom is 0.0591 e. The molecule has 0 radical (unpaired) electrons. The van der Waals surface area contributed by atoms with Gasteiger partial charge >= 0.3 is 0 Å². The number of nitrogens with one attached hydrogen (secondary N) is 1. The van der Waals surface area contributed by atoms with Crippen LogP contribution in [0.5, 0.6) is 0 Å². The van der Waals surface area contributed by atoms with Crippen LogP contribution in [0, 0.1) is 13.8 Å². The first-order valence-corrected chi connectivity index (χ1v) is 6.08. The van der Waals surface area contributed by atoms with Crippen molar-refractivity contribution in [1.82, 2.24) is 5.32 Å². The zero-order chi connectivity index (χ0) is 11.8. The summed E-state index contributed by atoms with van der Waals surface area (Å²) in [7, 11) is 0. The number of benzene rings is 1. The number of aryl methyl sites for hydroxylation is 2. The second kappa shape index (κ2) is 7.42. The summed E-state index contributed by atoms with van der Waals surface area (Å²) in [6.45, 7) is 9.98. The summed E-state index contributed by atoms with van der Waals surface area (Å²) in [6.07, 6.45) is 1.01. The molecule has 1 aromatic rings. The highest BCUT2D eigenvalue weighted by molar-refractivity contribution is 5.30. The molecule has 2 heteroatoms. The molecule has 0 saturated carbocycles. The quantitative estimate of drug-likeness (QED) is 0.714. The summed E-state index contributed by atoms with van der Waals surface area (Å²) >= 11 is 0. The van der Waals surface area contributed by atoms with E-state index in [-0.39, 0.29) is 0 Å². The topological polar surface area (TPSA) is 21.3 Å². The molecule has 0 amide bonds. The van der Waals surface area contributed by atoms with Crippen LogP contribution in [0.25, 0.3) is 0 Å². The van der Waals surface area contributed by atoms with Gasteiger partial charge in [-0.3, -0.25) is 0 Å². The van der Waals surface area contributed by atoms with E-state index < -0.39 is 0 Å². The fourth-order valence-corrected chi connectivity index (χ4v) is 1.73. The zero-order valence-electron chi connectivity index (χ0n) is 10.7. The Morgan fingerprint density at radius 1 is 1.19 bits per heavy atom. The first-order valence-electron chi connectivity index (χ1n) is 6.08. The molecule has 0 aliphatic rings. The van der Waals surface area contributed by atoms with E-state index in [0.29, 0.717) is 0 Å². The molecular formula is C14H23NO. The monoisotopic (exact) mass is 221 g/mol. The van der Waals surface area contributed by atoms with Gasteiger partial charge in [-0.05, 0) is 37.9 Å². The summed E-state index contributed by atoms with van der Waals surface area (Å²) in [5.41, 5.74) is 4.10. The standard InChI is InChI=1S/C14H23NO/c1-4-15-8-10-16-9-7-14-6-5-12(2)11-13(14)3/h5-6,11,15H,4,7-10H2,1-3H3. The van der Waals surface area contributed by atoms with Gasteiger partial charge in [0, 0.05) is 6.54 Å². The van der Waals surface area contributed by atoms with Crippen LogP contribution in [0.15, 0.2) is 18.2 Å². The third-order valence-electron chi connectivity index (χ3n) is 2.69. The van der Waals surface area contributed by atoms with Crippen LogP contribution in [0.1, 0.15) is 23.6 Å². The molecule has 0 unspecified atom stereocenters. The van der Waals surface area contributed by atoms with Gasteiger partial charge in [0.25, 0.3) is 0 Å². The summed E-state index contributed by atoms with van der Waals surface area (Å²) in [5, 5.41) is 3.24. The van der Waals surface area contributed by atoms with Crippen molar-refractivity contribution in [3.8, 4) is 0 Å². The van der Waals surface area contributed by atoms with Crippen LogP contribution < -0.4 is 5.32 Å². The van der Waals surface area contributed by atoms with Crippen molar-refractivity contribution in [2.45, 2.75) is 27.2 Å². The fraction of sp³-hybridized carbons (Fsp3) is 0.571. The van der Waals surface area contributed by atoms with Gasteiger partial charge in [0.15, 0.2) is 0 Å². The molecule has 1 aromatic carbocycles. The highest BCUT2D eigenvalue weighted by Gasteiger charge is 1.98. The molecule has 1 N–H and O–H groups in total. The lowest BCUT2D eigenvalue weighted by molar-refractivity contribution is 0.139. The van der Waals surface area contributed by atoms with Crippen molar-refractivity contribution in [3.63, 3.8) is 0 Å². The van der Waals surface area contributed by atoms with Gasteiger partial charge in [-0.2, -0.15) is 0 Å². The summed E-state index contributed by atoms with van der Waals surface area (Å²) in [6, 6.07) is 6.60. The predicted molar refractivity (Wildman–Crippen MR) is 69.0 cm³/mol. The van der Waals surface area contributed by atoms with Gasteiger partial charge in [0.1, 0.15) is 0 Å². The Kier molecular flexibility index (Phi) is 6.12. The van der Waals surface area contributed by atoms with Gasteiger partial charge in [0.05, 0.1) is 13.2 Å². The van der Waals surface area contributed by atoms with Crippen molar-refractivity contribution in [2.75, 3.05) is 26.3 Å². The molecule has 0 bridgehead atoms. The molecule has 0 spiro atoms. The van der Waals surface area contributed by atoms with Crippen molar-refractivity contribution < 1.29 is 4.74 Å². The van der Waals surface area contributed by atoms with Crippen molar-refractivity contribution in [1.29, 1.82) is 0 Å². The first kappa shape index (κ1) is 13.2. The minimum atomic E-state index is 0.804. The van der Waals surface area contributed by atoms with E-state index in [1.807, 2.05) is 0 Å². The third-order valence-corrected chi connectivity index (χ3v) is 2.69. The highest BCUT2D eigenvalue weighted by Crippen LogP contribution is 2.10. The van der Waals surface area contributed by atoms with E-state index in [2.05, 4.69) is 44.3 Å². The molecule has 16 heavy (non-hydrogen) atoms. The molecule has 0 fully saturated rings. The Morgan fingerprint density at radius 2 is 2.00 bits per heavy atom. The third kappa shape index (κ3) is 4.77. The lowest BCUT2D eigenvalue weighted by Gasteiger charge is -2.08. The van der Waals surface area contributed by atoms with E-state index in [1.54, 1.807) is 0 Å². The molecule has 2 nitrogen and oxygen atoms in total. The highest BCUT2D eigenvalue weighted by atomic mass is 16.5. The van der Waals surface area contributed by atoms with Crippen molar-refractivity contribution in [2.24, 2.45) is 0 Å². The van der Waals surface area contributed by atoms with E-state index in [1.165, 1.54) is 16.7 Å². The Hall–Kier alpha value is -0.860. The molecular weight excluding hydrogens is 198 g/mol. The van der Waals surface area contributed by atoms with Crippen LogP contribution in [-0.2, 0) is 11.2 Å². The van der Waals surface area contributed by atoms with Crippen LogP contribution in [0.2, 0.25) is 0 Å². The van der Waals surface area contributed by atoms with Gasteiger partial charge in [0.2, 0.25) is 0 Å². The molecule has 0 saturated heterocycles. The maximum atomic E-state index is 5.56. The Balaban J connectivity index is 2.21. The van der Waals surface area contributed by atoms with Crippen LogP contribution in [-0.4, -0.2) is 26.3 Å². The first-order chi connectivity index (χ1) is 7.74. The average molecular weight is 221 g/mol. The molecule has 0 aliphatic heterocycles. The van der Waals surface area contributed by atoms with E-state index in [4.69, 9.17) is 4.74 Å². The molecule has 0 heterocycles. The number of hydrogen-bond donors (Lipinski definition) is 1. The molecule has 0 aromatic heterocycles. The van der Waals surface area contributed by atoms with Crippen LogP contribution in [0.4, 0.5) is 0 Å². The number of hydrogen-bond acceptors (Lipinski definition) is 2.